The number of anilines is 2. The lowest BCUT2D eigenvalue weighted by atomic mass is 10.2. The first-order valence-electron chi connectivity index (χ1n) is 7.37. The normalized spacial score (nSPS) is 10.2. The van der Waals surface area contributed by atoms with E-state index >= 15 is 0 Å². The van der Waals surface area contributed by atoms with Crippen LogP contribution >= 0.6 is 0 Å². The van der Waals surface area contributed by atoms with E-state index in [2.05, 4.69) is 15.6 Å². The molecule has 0 spiro atoms. The number of nitrogens with zero attached hydrogens (tertiary/aromatic N) is 1. The molecule has 1 aromatic carbocycles. The van der Waals surface area contributed by atoms with Crippen molar-refractivity contribution in [3.8, 4) is 5.75 Å². The Bertz CT molecular complexity index is 629. The number of hydrogen-bond acceptors (Lipinski definition) is 5. The second-order valence-electron chi connectivity index (χ2n) is 4.89. The Morgan fingerprint density at radius 1 is 1.17 bits per heavy atom. The molecule has 0 saturated heterocycles. The molecule has 2 N–H and O–H groups in total. The van der Waals surface area contributed by atoms with Crippen LogP contribution in [0.4, 0.5) is 11.4 Å². The van der Waals surface area contributed by atoms with E-state index in [9.17, 15) is 4.79 Å². The van der Waals surface area contributed by atoms with Crippen molar-refractivity contribution in [1.29, 1.82) is 0 Å². The third kappa shape index (κ3) is 5.27. The Hall–Kier alpha value is -2.60. The lowest BCUT2D eigenvalue weighted by Gasteiger charge is -2.08. The van der Waals surface area contributed by atoms with Gasteiger partial charge in [0.05, 0.1) is 19.0 Å². The fourth-order valence-corrected chi connectivity index (χ4v) is 1.98. The summed E-state index contributed by atoms with van der Waals surface area (Å²) in [6.45, 7) is 1.51. The molecule has 0 unspecified atom stereocenters. The molecule has 6 nitrogen and oxygen atoms in total. The van der Waals surface area contributed by atoms with Crippen LogP contribution in [-0.2, 0) is 4.74 Å². The van der Waals surface area contributed by atoms with Gasteiger partial charge in [-0.3, -0.25) is 4.79 Å². The van der Waals surface area contributed by atoms with E-state index in [1.54, 1.807) is 38.6 Å². The summed E-state index contributed by atoms with van der Waals surface area (Å²) in [6.07, 6.45) is 2.56. The maximum absolute atomic E-state index is 12.2. The van der Waals surface area contributed by atoms with Crippen LogP contribution in [-0.4, -0.2) is 38.3 Å². The monoisotopic (exact) mass is 315 g/mol. The van der Waals surface area contributed by atoms with Crippen molar-refractivity contribution >= 4 is 17.3 Å². The van der Waals surface area contributed by atoms with Crippen molar-refractivity contribution in [2.24, 2.45) is 0 Å². The Kier molecular flexibility index (Phi) is 6.38. The minimum atomic E-state index is -0.260. The van der Waals surface area contributed by atoms with Crippen LogP contribution in [0.25, 0.3) is 0 Å². The number of carbonyl (C=O) groups is 1. The molecule has 23 heavy (non-hydrogen) atoms. The van der Waals surface area contributed by atoms with Crippen molar-refractivity contribution < 1.29 is 14.3 Å². The molecule has 0 aliphatic carbocycles. The quantitative estimate of drug-likeness (QED) is 0.733. The fourth-order valence-electron chi connectivity index (χ4n) is 1.98. The Labute approximate surface area is 135 Å². The average Bonchev–Trinajstić information content (AvgIpc) is 2.59. The van der Waals surface area contributed by atoms with Gasteiger partial charge in [0.15, 0.2) is 0 Å². The number of pyridine rings is 1. The maximum atomic E-state index is 12.2. The molecular formula is C17H21N3O3. The summed E-state index contributed by atoms with van der Waals surface area (Å²) in [5.74, 6) is 0.426. The predicted octanol–water partition coefficient (Wildman–Crippen LogP) is 2.79. The largest absolute Gasteiger partial charge is 0.497 e. The zero-order valence-corrected chi connectivity index (χ0v) is 13.3. The summed E-state index contributed by atoms with van der Waals surface area (Å²) in [7, 11) is 3.26. The highest BCUT2D eigenvalue weighted by molar-refractivity contribution is 6.03. The van der Waals surface area contributed by atoms with Crippen molar-refractivity contribution in [3.63, 3.8) is 0 Å². The van der Waals surface area contributed by atoms with E-state index in [1.165, 1.54) is 0 Å². The molecule has 1 amide bonds. The van der Waals surface area contributed by atoms with Gasteiger partial charge in [0.25, 0.3) is 5.91 Å². The number of methoxy groups -OCH3 is 2. The van der Waals surface area contributed by atoms with Crippen LogP contribution in [0.3, 0.4) is 0 Å². The Morgan fingerprint density at radius 3 is 2.74 bits per heavy atom. The molecule has 0 saturated carbocycles. The second kappa shape index (κ2) is 8.75. The van der Waals surface area contributed by atoms with Crippen molar-refractivity contribution in [3.05, 3.63) is 48.3 Å². The molecule has 1 aromatic heterocycles. The topological polar surface area (TPSA) is 72.5 Å². The zero-order valence-electron chi connectivity index (χ0n) is 13.3. The molecule has 122 valence electrons. The number of nitrogens with one attached hydrogen (secondary N) is 2. The van der Waals surface area contributed by atoms with E-state index in [1.807, 2.05) is 18.2 Å². The molecular weight excluding hydrogens is 294 g/mol. The Balaban J connectivity index is 1.91. The molecule has 0 radical (unpaired) electrons. The number of rotatable bonds is 8. The van der Waals surface area contributed by atoms with Gasteiger partial charge >= 0.3 is 0 Å². The third-order valence-corrected chi connectivity index (χ3v) is 3.18. The van der Waals surface area contributed by atoms with Gasteiger partial charge < -0.3 is 20.1 Å². The summed E-state index contributed by atoms with van der Waals surface area (Å²) in [5, 5.41) is 6.01. The molecule has 0 atom stereocenters. The molecule has 0 aliphatic rings. The first-order chi connectivity index (χ1) is 11.2. The molecule has 2 rings (SSSR count). The molecule has 0 fully saturated rings. The van der Waals surface area contributed by atoms with Crippen molar-refractivity contribution in [1.82, 2.24) is 4.98 Å². The second-order valence-corrected chi connectivity index (χ2v) is 4.89. The molecule has 2 aromatic rings. The first kappa shape index (κ1) is 16.8. The van der Waals surface area contributed by atoms with Crippen molar-refractivity contribution in [2.75, 3.05) is 38.0 Å². The van der Waals surface area contributed by atoms with Crippen LogP contribution in [0.5, 0.6) is 5.75 Å². The van der Waals surface area contributed by atoms with Gasteiger partial charge in [-0.2, -0.15) is 0 Å². The van der Waals surface area contributed by atoms with E-state index in [0.29, 0.717) is 23.7 Å². The van der Waals surface area contributed by atoms with Gasteiger partial charge in [0, 0.05) is 32.0 Å². The molecule has 0 aliphatic heterocycles. The summed E-state index contributed by atoms with van der Waals surface area (Å²) < 4.78 is 10.1. The van der Waals surface area contributed by atoms with Gasteiger partial charge in [-0.15, -0.1) is 0 Å². The summed E-state index contributed by atoms with van der Waals surface area (Å²) in [6, 6.07) is 10.7. The first-order valence-corrected chi connectivity index (χ1v) is 7.37. The smallest absolute Gasteiger partial charge is 0.274 e. The number of amides is 1. The highest BCUT2D eigenvalue weighted by Crippen LogP contribution is 2.17. The van der Waals surface area contributed by atoms with Gasteiger partial charge in [-0.1, -0.05) is 6.07 Å². The van der Waals surface area contributed by atoms with Crippen LogP contribution in [0, 0.1) is 0 Å². The van der Waals surface area contributed by atoms with Crippen molar-refractivity contribution in [2.45, 2.75) is 6.42 Å². The van der Waals surface area contributed by atoms with Gasteiger partial charge in [-0.25, -0.2) is 4.98 Å². The minimum Gasteiger partial charge on any atom is -0.497 e. The zero-order chi connectivity index (χ0) is 16.5. The van der Waals surface area contributed by atoms with Gasteiger partial charge in [0.2, 0.25) is 0 Å². The van der Waals surface area contributed by atoms with Crippen LogP contribution < -0.4 is 15.4 Å². The van der Waals surface area contributed by atoms with Gasteiger partial charge in [0.1, 0.15) is 11.4 Å². The van der Waals surface area contributed by atoms with E-state index < -0.39 is 0 Å². The standard InChI is InChI=1S/C17H21N3O3/c1-22-10-4-9-18-14-7-8-16(19-12-14)17(21)20-13-5-3-6-15(11-13)23-2/h3,5-8,11-12,18H,4,9-10H2,1-2H3,(H,20,21). The SMILES string of the molecule is COCCCNc1ccc(C(=O)Nc2cccc(OC)c2)nc1. The average molecular weight is 315 g/mol. The number of benzene rings is 1. The highest BCUT2D eigenvalue weighted by Gasteiger charge is 2.08. The number of ether oxygens (including phenoxy) is 2. The van der Waals surface area contributed by atoms with Crippen LogP contribution in [0.15, 0.2) is 42.6 Å². The maximum Gasteiger partial charge on any atom is 0.274 e. The lowest BCUT2D eigenvalue weighted by molar-refractivity contribution is 0.102. The number of carbonyl (C=O) groups excluding carboxylic acids is 1. The van der Waals surface area contributed by atoms with E-state index in [0.717, 1.165) is 18.7 Å². The number of aromatic nitrogens is 1. The molecule has 0 bridgehead atoms. The predicted molar refractivity (Wildman–Crippen MR) is 90.2 cm³/mol. The summed E-state index contributed by atoms with van der Waals surface area (Å²) in [5.41, 5.74) is 1.90. The third-order valence-electron chi connectivity index (χ3n) is 3.18. The van der Waals surface area contributed by atoms with Crippen LogP contribution in [0.1, 0.15) is 16.9 Å². The molecule has 1 heterocycles. The van der Waals surface area contributed by atoms with E-state index in [-0.39, 0.29) is 5.91 Å². The van der Waals surface area contributed by atoms with E-state index in [4.69, 9.17) is 9.47 Å². The van der Waals surface area contributed by atoms with Gasteiger partial charge in [-0.05, 0) is 30.7 Å². The molecule has 6 heteroatoms. The number of hydrogen-bond donors (Lipinski definition) is 2. The fraction of sp³-hybridized carbons (Fsp3) is 0.294. The summed E-state index contributed by atoms with van der Waals surface area (Å²) in [4.78, 5) is 16.4. The summed E-state index contributed by atoms with van der Waals surface area (Å²) >= 11 is 0. The highest BCUT2D eigenvalue weighted by atomic mass is 16.5. The van der Waals surface area contributed by atoms with Crippen LogP contribution in [0.2, 0.25) is 0 Å². The lowest BCUT2D eigenvalue weighted by Crippen LogP contribution is -2.14. The minimum absolute atomic E-state index is 0.260. The Morgan fingerprint density at radius 2 is 2.04 bits per heavy atom.